The molecule has 3 rings (SSSR count). The number of nitro groups is 1. The molecule has 0 amide bonds. The van der Waals surface area contributed by atoms with Crippen molar-refractivity contribution < 1.29 is 9.66 Å². The summed E-state index contributed by atoms with van der Waals surface area (Å²) in [6, 6.07) is 16.0. The van der Waals surface area contributed by atoms with E-state index in [9.17, 15) is 15.4 Å². The second-order valence-electron chi connectivity index (χ2n) is 6.31. The predicted octanol–water partition coefficient (Wildman–Crippen LogP) is 7.85. The van der Waals surface area contributed by atoms with Gasteiger partial charge in [-0.3, -0.25) is 10.1 Å². The molecular weight excluding hydrogens is 482 g/mol. The lowest BCUT2D eigenvalue weighted by Crippen LogP contribution is -1.98. The van der Waals surface area contributed by atoms with Crippen molar-refractivity contribution in [3.05, 3.63) is 101 Å². The van der Waals surface area contributed by atoms with Crippen molar-refractivity contribution in [1.29, 1.82) is 5.26 Å². The Bertz CT molecular complexity index is 1200. The molecule has 0 N–H and O–H groups in total. The van der Waals surface area contributed by atoms with Crippen molar-refractivity contribution in [2.24, 2.45) is 0 Å². The van der Waals surface area contributed by atoms with Gasteiger partial charge < -0.3 is 4.74 Å². The fourth-order valence-electron chi connectivity index (χ4n) is 2.70. The Hall–Kier alpha value is -2.75. The minimum absolute atomic E-state index is 0.0607. The minimum atomic E-state index is -0.505. The highest BCUT2D eigenvalue weighted by Gasteiger charge is 2.12. The zero-order valence-corrected chi connectivity index (χ0v) is 18.6. The maximum Gasteiger partial charge on any atom is 0.269 e. The van der Waals surface area contributed by atoms with Crippen molar-refractivity contribution >= 4 is 63.7 Å². The Labute approximate surface area is 198 Å². The molecule has 31 heavy (non-hydrogen) atoms. The molecule has 0 aliphatic carbocycles. The number of nitriles is 1. The van der Waals surface area contributed by atoms with Crippen molar-refractivity contribution in [1.82, 2.24) is 0 Å². The molecule has 0 bridgehead atoms. The summed E-state index contributed by atoms with van der Waals surface area (Å²) >= 11 is 24.7. The van der Waals surface area contributed by atoms with E-state index in [0.717, 1.165) is 0 Å². The summed E-state index contributed by atoms with van der Waals surface area (Å²) < 4.78 is 5.74. The van der Waals surface area contributed by atoms with Gasteiger partial charge in [-0.25, -0.2) is 0 Å². The first kappa shape index (κ1) is 22.9. The van der Waals surface area contributed by atoms with Gasteiger partial charge in [0.1, 0.15) is 6.61 Å². The molecule has 0 atom stereocenters. The molecule has 0 aromatic heterocycles. The van der Waals surface area contributed by atoms with Crippen LogP contribution in [-0.2, 0) is 6.61 Å². The largest absolute Gasteiger partial charge is 0.486 e. The standard InChI is InChI=1S/C22H12Cl4N2O3/c23-17-4-1-15(19(24)10-17)12-31-22-20(25)8-13(9-21(22)26)7-16(11-27)14-2-5-18(6-3-14)28(29)30/h1-10H,12H2/b16-7+. The highest BCUT2D eigenvalue weighted by molar-refractivity contribution is 6.37. The highest BCUT2D eigenvalue weighted by Crippen LogP contribution is 2.36. The third kappa shape index (κ3) is 5.69. The maximum absolute atomic E-state index is 10.8. The Morgan fingerprint density at radius 3 is 2.19 bits per heavy atom. The van der Waals surface area contributed by atoms with Crippen molar-refractivity contribution in [3.8, 4) is 11.8 Å². The predicted molar refractivity (Wildman–Crippen MR) is 124 cm³/mol. The van der Waals surface area contributed by atoms with Crippen LogP contribution in [0, 0.1) is 21.4 Å². The van der Waals surface area contributed by atoms with Crippen molar-refractivity contribution in [2.75, 3.05) is 0 Å². The Morgan fingerprint density at radius 1 is 1.00 bits per heavy atom. The topological polar surface area (TPSA) is 76.2 Å². The highest BCUT2D eigenvalue weighted by atomic mass is 35.5. The number of non-ortho nitro benzene ring substituents is 1. The van der Waals surface area contributed by atoms with Crippen LogP contribution in [0.25, 0.3) is 11.6 Å². The Kier molecular flexibility index (Phi) is 7.42. The first-order valence-electron chi connectivity index (χ1n) is 8.71. The number of nitro benzene ring substituents is 1. The summed E-state index contributed by atoms with van der Waals surface area (Å²) in [6.07, 6.45) is 1.58. The number of nitrogens with zero attached hydrogens (tertiary/aromatic N) is 2. The second kappa shape index (κ2) is 10.0. The van der Waals surface area contributed by atoms with E-state index in [2.05, 4.69) is 6.07 Å². The first-order valence-corrected chi connectivity index (χ1v) is 10.2. The van der Waals surface area contributed by atoms with E-state index in [4.69, 9.17) is 51.1 Å². The van der Waals surface area contributed by atoms with Crippen LogP contribution in [0.1, 0.15) is 16.7 Å². The van der Waals surface area contributed by atoms with Crippen LogP contribution in [0.15, 0.2) is 54.6 Å². The minimum Gasteiger partial charge on any atom is -0.486 e. The van der Waals surface area contributed by atoms with Crippen LogP contribution < -0.4 is 4.74 Å². The van der Waals surface area contributed by atoms with Gasteiger partial charge in [-0.2, -0.15) is 5.26 Å². The van der Waals surface area contributed by atoms with Gasteiger partial charge in [-0.05, 0) is 53.6 Å². The Balaban J connectivity index is 1.84. The number of hydrogen-bond acceptors (Lipinski definition) is 4. The molecule has 5 nitrogen and oxygen atoms in total. The maximum atomic E-state index is 10.8. The van der Waals surface area contributed by atoms with Gasteiger partial charge in [0.15, 0.2) is 5.75 Å². The number of halogens is 4. The van der Waals surface area contributed by atoms with E-state index in [1.54, 1.807) is 36.4 Å². The summed E-state index contributed by atoms with van der Waals surface area (Å²) in [5.41, 5.74) is 2.05. The summed E-state index contributed by atoms with van der Waals surface area (Å²) in [5, 5.41) is 21.8. The molecule has 0 radical (unpaired) electrons. The third-order valence-electron chi connectivity index (χ3n) is 4.23. The molecular formula is C22H12Cl4N2O3. The smallest absolute Gasteiger partial charge is 0.269 e. The molecule has 3 aromatic rings. The quantitative estimate of drug-likeness (QED) is 0.151. The molecule has 0 saturated heterocycles. The van der Waals surface area contributed by atoms with Gasteiger partial charge in [0.2, 0.25) is 0 Å². The fraction of sp³-hybridized carbons (Fsp3) is 0.0455. The molecule has 156 valence electrons. The summed E-state index contributed by atoms with van der Waals surface area (Å²) in [6.45, 7) is 0.136. The molecule has 0 spiro atoms. The SMILES string of the molecule is N#C/C(=C\c1cc(Cl)c(OCc2ccc(Cl)cc2Cl)c(Cl)c1)c1ccc([N+](=O)[O-])cc1. The first-order chi connectivity index (χ1) is 14.8. The van der Waals surface area contributed by atoms with Gasteiger partial charge in [-0.15, -0.1) is 0 Å². The average molecular weight is 494 g/mol. The Morgan fingerprint density at radius 2 is 1.65 bits per heavy atom. The summed E-state index contributed by atoms with van der Waals surface area (Å²) in [5.74, 6) is 0.278. The monoisotopic (exact) mass is 492 g/mol. The van der Waals surface area contributed by atoms with Crippen LogP contribution in [0.3, 0.4) is 0 Å². The van der Waals surface area contributed by atoms with E-state index in [0.29, 0.717) is 32.3 Å². The second-order valence-corrected chi connectivity index (χ2v) is 7.97. The van der Waals surface area contributed by atoms with Gasteiger partial charge >= 0.3 is 0 Å². The average Bonchev–Trinajstić information content (AvgIpc) is 2.72. The van der Waals surface area contributed by atoms with Crippen LogP contribution >= 0.6 is 46.4 Å². The van der Waals surface area contributed by atoms with Crippen LogP contribution in [0.5, 0.6) is 5.75 Å². The van der Waals surface area contributed by atoms with Gasteiger partial charge in [-0.1, -0.05) is 52.5 Å². The third-order valence-corrected chi connectivity index (χ3v) is 5.38. The number of hydrogen-bond donors (Lipinski definition) is 0. The zero-order chi connectivity index (χ0) is 22.5. The van der Waals surface area contributed by atoms with Crippen LogP contribution in [0.4, 0.5) is 5.69 Å². The van der Waals surface area contributed by atoms with Crippen LogP contribution in [0.2, 0.25) is 20.1 Å². The summed E-state index contributed by atoms with van der Waals surface area (Å²) in [4.78, 5) is 10.3. The van der Waals surface area contributed by atoms with E-state index >= 15 is 0 Å². The molecule has 0 aliphatic rings. The molecule has 9 heteroatoms. The van der Waals surface area contributed by atoms with E-state index in [-0.39, 0.29) is 28.1 Å². The van der Waals surface area contributed by atoms with Crippen molar-refractivity contribution in [2.45, 2.75) is 6.61 Å². The van der Waals surface area contributed by atoms with Crippen LogP contribution in [-0.4, -0.2) is 4.92 Å². The van der Waals surface area contributed by atoms with E-state index in [1.165, 1.54) is 24.3 Å². The fourth-order valence-corrected chi connectivity index (χ4v) is 3.78. The van der Waals surface area contributed by atoms with Gasteiger partial charge in [0.25, 0.3) is 5.69 Å². The van der Waals surface area contributed by atoms with E-state index < -0.39 is 4.92 Å². The number of rotatable bonds is 6. The summed E-state index contributed by atoms with van der Waals surface area (Å²) in [7, 11) is 0. The van der Waals surface area contributed by atoms with Gasteiger partial charge in [0, 0.05) is 27.7 Å². The number of ether oxygens (including phenoxy) is 1. The molecule has 0 aliphatic heterocycles. The molecule has 3 aromatic carbocycles. The molecule has 0 unspecified atom stereocenters. The van der Waals surface area contributed by atoms with Gasteiger partial charge in [0.05, 0.1) is 26.6 Å². The molecule has 0 saturated carbocycles. The van der Waals surface area contributed by atoms with Crippen molar-refractivity contribution in [3.63, 3.8) is 0 Å². The van der Waals surface area contributed by atoms with E-state index in [1.807, 2.05) is 0 Å². The lowest BCUT2D eigenvalue weighted by atomic mass is 10.0. The normalized spacial score (nSPS) is 11.1. The molecule has 0 heterocycles. The lowest BCUT2D eigenvalue weighted by molar-refractivity contribution is -0.384. The number of allylic oxidation sites excluding steroid dienone is 1. The number of benzene rings is 3. The lowest BCUT2D eigenvalue weighted by Gasteiger charge is -2.12. The zero-order valence-electron chi connectivity index (χ0n) is 15.6. The molecule has 0 fully saturated rings.